The number of imidazole rings is 1. The maximum atomic E-state index is 12.9. The first kappa shape index (κ1) is 19.0. The van der Waals surface area contributed by atoms with Crippen LogP contribution in [0.3, 0.4) is 0 Å². The molecule has 6 nitrogen and oxygen atoms in total. The third kappa shape index (κ3) is 4.55. The van der Waals surface area contributed by atoms with Crippen LogP contribution in [0.1, 0.15) is 37.8 Å². The van der Waals surface area contributed by atoms with Gasteiger partial charge >= 0.3 is 6.03 Å². The minimum atomic E-state index is 0.0144. The highest BCUT2D eigenvalue weighted by atomic mass is 16.5. The molecular formula is C22H30N4O2. The highest BCUT2D eigenvalue weighted by Gasteiger charge is 2.29. The SMILES string of the molecule is Cc1cnc(-c2ccc(NC(=O)N3CCCCC(C4CCOCC4)C3)cc2)[nH]1. The van der Waals surface area contributed by atoms with E-state index in [1.165, 1.54) is 12.8 Å². The van der Waals surface area contributed by atoms with Crippen LogP contribution in [0, 0.1) is 18.8 Å². The maximum Gasteiger partial charge on any atom is 0.321 e. The number of aromatic nitrogens is 2. The van der Waals surface area contributed by atoms with Gasteiger partial charge in [0, 0.05) is 49.4 Å². The van der Waals surface area contributed by atoms with Gasteiger partial charge in [-0.2, -0.15) is 0 Å². The average Bonchev–Trinajstić information content (AvgIpc) is 3.01. The zero-order chi connectivity index (χ0) is 19.3. The van der Waals surface area contributed by atoms with E-state index in [1.807, 2.05) is 42.3 Å². The van der Waals surface area contributed by atoms with Gasteiger partial charge in [0.2, 0.25) is 0 Å². The number of ether oxygens (including phenoxy) is 1. The molecule has 0 radical (unpaired) electrons. The Morgan fingerprint density at radius 3 is 2.64 bits per heavy atom. The molecule has 2 aromatic rings. The molecule has 1 aromatic carbocycles. The van der Waals surface area contributed by atoms with Gasteiger partial charge in [-0.05, 0) is 68.7 Å². The fraction of sp³-hybridized carbons (Fsp3) is 0.545. The van der Waals surface area contributed by atoms with E-state index in [1.54, 1.807) is 0 Å². The molecule has 1 unspecified atom stereocenters. The summed E-state index contributed by atoms with van der Waals surface area (Å²) in [5.74, 6) is 2.14. The number of rotatable bonds is 3. The summed E-state index contributed by atoms with van der Waals surface area (Å²) in [6, 6.07) is 7.88. The zero-order valence-electron chi connectivity index (χ0n) is 16.6. The molecule has 2 saturated heterocycles. The Balaban J connectivity index is 1.37. The number of nitrogens with zero attached hydrogens (tertiary/aromatic N) is 2. The Kier molecular flexibility index (Phi) is 5.95. The van der Waals surface area contributed by atoms with Crippen molar-refractivity contribution < 1.29 is 9.53 Å². The number of aromatic amines is 1. The highest BCUT2D eigenvalue weighted by Crippen LogP contribution is 2.30. The molecule has 1 aromatic heterocycles. The van der Waals surface area contributed by atoms with Gasteiger partial charge in [-0.3, -0.25) is 0 Å². The van der Waals surface area contributed by atoms with Gasteiger partial charge < -0.3 is 19.9 Å². The smallest absolute Gasteiger partial charge is 0.321 e. The number of aryl methyl sites for hydroxylation is 1. The van der Waals surface area contributed by atoms with Gasteiger partial charge in [0.15, 0.2) is 0 Å². The van der Waals surface area contributed by atoms with Crippen molar-refractivity contribution >= 4 is 11.7 Å². The third-order valence-electron chi connectivity index (χ3n) is 6.04. The first-order valence-corrected chi connectivity index (χ1v) is 10.4. The second-order valence-electron chi connectivity index (χ2n) is 8.07. The molecule has 0 aliphatic carbocycles. The second kappa shape index (κ2) is 8.78. The molecule has 0 bridgehead atoms. The Labute approximate surface area is 166 Å². The third-order valence-corrected chi connectivity index (χ3v) is 6.04. The monoisotopic (exact) mass is 382 g/mol. The van der Waals surface area contributed by atoms with Crippen molar-refractivity contribution in [3.05, 3.63) is 36.2 Å². The minimum absolute atomic E-state index is 0.0144. The number of carbonyl (C=O) groups excluding carboxylic acids is 1. The number of benzene rings is 1. The van der Waals surface area contributed by atoms with E-state index in [0.717, 1.165) is 68.3 Å². The number of hydrogen-bond donors (Lipinski definition) is 2. The van der Waals surface area contributed by atoms with E-state index >= 15 is 0 Å². The van der Waals surface area contributed by atoms with Crippen molar-refractivity contribution in [2.24, 2.45) is 11.8 Å². The van der Waals surface area contributed by atoms with E-state index in [-0.39, 0.29) is 6.03 Å². The predicted molar refractivity (Wildman–Crippen MR) is 110 cm³/mol. The molecule has 2 fully saturated rings. The molecule has 6 heteroatoms. The number of carbonyl (C=O) groups is 1. The van der Waals surface area contributed by atoms with E-state index in [0.29, 0.717) is 11.8 Å². The lowest BCUT2D eigenvalue weighted by atomic mass is 9.83. The summed E-state index contributed by atoms with van der Waals surface area (Å²) in [4.78, 5) is 22.5. The Bertz CT molecular complexity index is 780. The van der Waals surface area contributed by atoms with Crippen LogP contribution in [0.25, 0.3) is 11.4 Å². The van der Waals surface area contributed by atoms with Crippen molar-refractivity contribution in [2.45, 2.75) is 39.0 Å². The van der Waals surface area contributed by atoms with E-state index < -0.39 is 0 Å². The molecule has 150 valence electrons. The highest BCUT2D eigenvalue weighted by molar-refractivity contribution is 5.89. The summed E-state index contributed by atoms with van der Waals surface area (Å²) in [6.45, 7) is 5.43. The normalized spacial score (nSPS) is 21.3. The summed E-state index contributed by atoms with van der Waals surface area (Å²) in [6.07, 6.45) is 7.61. The topological polar surface area (TPSA) is 70.2 Å². The molecule has 4 rings (SSSR count). The lowest BCUT2D eigenvalue weighted by Crippen LogP contribution is -2.40. The number of amides is 2. The van der Waals surface area contributed by atoms with Gasteiger partial charge in [0.25, 0.3) is 0 Å². The number of anilines is 1. The Morgan fingerprint density at radius 2 is 1.93 bits per heavy atom. The summed E-state index contributed by atoms with van der Waals surface area (Å²) >= 11 is 0. The predicted octanol–water partition coefficient (Wildman–Crippen LogP) is 4.45. The van der Waals surface area contributed by atoms with Crippen molar-refractivity contribution in [3.8, 4) is 11.4 Å². The summed E-state index contributed by atoms with van der Waals surface area (Å²) in [7, 11) is 0. The first-order valence-electron chi connectivity index (χ1n) is 10.4. The Morgan fingerprint density at radius 1 is 1.14 bits per heavy atom. The molecule has 3 heterocycles. The average molecular weight is 383 g/mol. The van der Waals surface area contributed by atoms with Crippen molar-refractivity contribution in [1.29, 1.82) is 0 Å². The lowest BCUT2D eigenvalue weighted by molar-refractivity contribution is 0.0415. The van der Waals surface area contributed by atoms with Crippen LogP contribution < -0.4 is 5.32 Å². The molecule has 0 spiro atoms. The number of nitrogens with one attached hydrogen (secondary N) is 2. The molecule has 2 N–H and O–H groups in total. The minimum Gasteiger partial charge on any atom is -0.381 e. The maximum absolute atomic E-state index is 12.9. The molecule has 0 saturated carbocycles. The largest absolute Gasteiger partial charge is 0.381 e. The number of likely N-dealkylation sites (tertiary alicyclic amines) is 1. The second-order valence-corrected chi connectivity index (χ2v) is 8.07. The van der Waals surface area contributed by atoms with E-state index in [9.17, 15) is 4.79 Å². The molecule has 2 aliphatic heterocycles. The van der Waals surface area contributed by atoms with Crippen LogP contribution in [0.5, 0.6) is 0 Å². The lowest BCUT2D eigenvalue weighted by Gasteiger charge is -2.32. The van der Waals surface area contributed by atoms with Gasteiger partial charge in [0.1, 0.15) is 5.82 Å². The first-order chi connectivity index (χ1) is 13.7. The quantitative estimate of drug-likeness (QED) is 0.824. The molecule has 2 aliphatic rings. The molecular weight excluding hydrogens is 352 g/mol. The fourth-order valence-corrected chi connectivity index (χ4v) is 4.40. The van der Waals surface area contributed by atoms with Crippen LogP contribution >= 0.6 is 0 Å². The summed E-state index contributed by atoms with van der Waals surface area (Å²) in [5.41, 5.74) is 2.87. The zero-order valence-corrected chi connectivity index (χ0v) is 16.6. The molecule has 1 atom stereocenters. The van der Waals surface area contributed by atoms with Crippen molar-refractivity contribution in [2.75, 3.05) is 31.6 Å². The Hall–Kier alpha value is -2.34. The van der Waals surface area contributed by atoms with Crippen LogP contribution in [0.4, 0.5) is 10.5 Å². The van der Waals surface area contributed by atoms with Crippen molar-refractivity contribution in [1.82, 2.24) is 14.9 Å². The summed E-state index contributed by atoms with van der Waals surface area (Å²) < 4.78 is 5.52. The van der Waals surface area contributed by atoms with Crippen LogP contribution in [0.15, 0.2) is 30.5 Å². The van der Waals surface area contributed by atoms with Gasteiger partial charge in [-0.15, -0.1) is 0 Å². The molecule has 28 heavy (non-hydrogen) atoms. The van der Waals surface area contributed by atoms with Crippen LogP contribution in [0.2, 0.25) is 0 Å². The van der Waals surface area contributed by atoms with E-state index in [4.69, 9.17) is 4.74 Å². The van der Waals surface area contributed by atoms with Crippen LogP contribution in [-0.4, -0.2) is 47.2 Å². The molecule has 2 amide bonds. The van der Waals surface area contributed by atoms with Crippen LogP contribution in [-0.2, 0) is 4.74 Å². The van der Waals surface area contributed by atoms with E-state index in [2.05, 4.69) is 15.3 Å². The summed E-state index contributed by atoms with van der Waals surface area (Å²) in [5, 5.41) is 3.08. The van der Waals surface area contributed by atoms with Gasteiger partial charge in [-0.1, -0.05) is 6.42 Å². The standard InChI is InChI=1S/C22H30N4O2/c1-16-14-23-21(24-16)18-5-7-20(8-6-18)25-22(27)26-11-3-2-4-19(15-26)17-9-12-28-13-10-17/h5-8,14,17,19H,2-4,9-13,15H2,1H3,(H,23,24)(H,25,27). The fourth-order valence-electron chi connectivity index (χ4n) is 4.40. The number of hydrogen-bond acceptors (Lipinski definition) is 3. The van der Waals surface area contributed by atoms with Gasteiger partial charge in [0.05, 0.1) is 0 Å². The number of urea groups is 1. The van der Waals surface area contributed by atoms with Crippen molar-refractivity contribution in [3.63, 3.8) is 0 Å². The number of H-pyrrole nitrogens is 1. The van der Waals surface area contributed by atoms with Gasteiger partial charge in [-0.25, -0.2) is 9.78 Å².